The van der Waals surface area contributed by atoms with Crippen molar-refractivity contribution >= 4 is 37.5 Å². The topological polar surface area (TPSA) is 97.2 Å². The summed E-state index contributed by atoms with van der Waals surface area (Å²) in [4.78, 5) is 17.0. The maximum absolute atomic E-state index is 12.9. The number of carbonyl (C=O) groups is 1. The Hall–Kier alpha value is -2.56. The lowest BCUT2D eigenvalue weighted by molar-refractivity contribution is 0.102. The van der Waals surface area contributed by atoms with Crippen LogP contribution >= 0.6 is 15.9 Å². The van der Waals surface area contributed by atoms with Crippen LogP contribution in [0.1, 0.15) is 29.6 Å². The predicted octanol–water partition coefficient (Wildman–Crippen LogP) is 3.46. The van der Waals surface area contributed by atoms with E-state index in [1.54, 1.807) is 28.9 Å². The zero-order valence-corrected chi connectivity index (χ0v) is 18.4. The van der Waals surface area contributed by atoms with E-state index < -0.39 is 15.9 Å². The van der Waals surface area contributed by atoms with Crippen molar-refractivity contribution in [3.8, 4) is 5.69 Å². The molecule has 0 spiro atoms. The Morgan fingerprint density at radius 2 is 1.87 bits per heavy atom. The van der Waals surface area contributed by atoms with Crippen LogP contribution in [0, 0.1) is 0 Å². The molecule has 1 N–H and O–H groups in total. The zero-order chi connectivity index (χ0) is 21.1. The lowest BCUT2D eigenvalue weighted by atomic mass is 10.2. The first kappa shape index (κ1) is 20.7. The van der Waals surface area contributed by atoms with Gasteiger partial charge in [-0.1, -0.05) is 28.4 Å². The number of aromatic nitrogens is 3. The first-order valence-electron chi connectivity index (χ1n) is 9.51. The minimum atomic E-state index is -3.62. The van der Waals surface area contributed by atoms with E-state index in [0.717, 1.165) is 23.7 Å². The monoisotopic (exact) mass is 489 g/mol. The third-order valence-corrected chi connectivity index (χ3v) is 7.31. The summed E-state index contributed by atoms with van der Waals surface area (Å²) in [6.07, 6.45) is 5.68. The number of rotatable bonds is 5. The van der Waals surface area contributed by atoms with Gasteiger partial charge in [-0.25, -0.2) is 18.1 Å². The molecule has 0 atom stereocenters. The van der Waals surface area contributed by atoms with Crippen LogP contribution in [0.25, 0.3) is 5.69 Å². The molecule has 8 nitrogen and oxygen atoms in total. The number of anilines is 1. The number of carbonyl (C=O) groups excluding carboxylic acids is 1. The Labute approximate surface area is 183 Å². The van der Waals surface area contributed by atoms with Crippen molar-refractivity contribution in [3.63, 3.8) is 0 Å². The van der Waals surface area contributed by atoms with Crippen LogP contribution in [0.4, 0.5) is 5.69 Å². The molecule has 1 aromatic heterocycles. The van der Waals surface area contributed by atoms with Crippen LogP contribution < -0.4 is 5.32 Å². The number of amides is 1. The van der Waals surface area contributed by atoms with E-state index in [2.05, 4.69) is 31.3 Å². The smallest absolute Gasteiger partial charge is 0.255 e. The summed E-state index contributed by atoms with van der Waals surface area (Å²) in [5, 5.41) is 6.96. The van der Waals surface area contributed by atoms with Crippen LogP contribution in [0.5, 0.6) is 0 Å². The maximum Gasteiger partial charge on any atom is 0.255 e. The summed E-state index contributed by atoms with van der Waals surface area (Å²) >= 11 is 3.41. The third-order valence-electron chi connectivity index (χ3n) is 4.92. The predicted molar refractivity (Wildman–Crippen MR) is 116 cm³/mol. The highest BCUT2D eigenvalue weighted by Gasteiger charge is 2.26. The van der Waals surface area contributed by atoms with Gasteiger partial charge in [-0.2, -0.15) is 9.40 Å². The second-order valence-corrected chi connectivity index (χ2v) is 9.80. The third kappa shape index (κ3) is 4.30. The fraction of sp³-hybridized carbons (Fsp3) is 0.250. The molecule has 0 aliphatic carbocycles. The molecule has 10 heteroatoms. The van der Waals surface area contributed by atoms with Crippen molar-refractivity contribution in [2.75, 3.05) is 18.4 Å². The Morgan fingerprint density at radius 1 is 1.07 bits per heavy atom. The van der Waals surface area contributed by atoms with Gasteiger partial charge in [0.2, 0.25) is 10.0 Å². The fourth-order valence-electron chi connectivity index (χ4n) is 3.39. The maximum atomic E-state index is 12.9. The molecule has 3 aromatic rings. The Balaban J connectivity index is 1.61. The molecule has 2 aromatic carbocycles. The highest BCUT2D eigenvalue weighted by Crippen LogP contribution is 2.26. The lowest BCUT2D eigenvalue weighted by Crippen LogP contribution is -2.35. The molecule has 2 heterocycles. The number of nitrogens with one attached hydrogen (secondary N) is 1. The van der Waals surface area contributed by atoms with Gasteiger partial charge < -0.3 is 5.32 Å². The number of nitrogens with zero attached hydrogens (tertiary/aromatic N) is 4. The second kappa shape index (κ2) is 8.66. The first-order valence-corrected chi connectivity index (χ1v) is 11.7. The quantitative estimate of drug-likeness (QED) is 0.591. The number of sulfonamides is 1. The minimum absolute atomic E-state index is 0.128. The largest absolute Gasteiger partial charge is 0.320 e. The highest BCUT2D eigenvalue weighted by molar-refractivity contribution is 9.10. The van der Waals surface area contributed by atoms with Crippen molar-refractivity contribution in [2.24, 2.45) is 0 Å². The Bertz CT molecular complexity index is 1160. The number of hydrogen-bond donors (Lipinski definition) is 1. The zero-order valence-electron chi connectivity index (χ0n) is 16.0. The molecule has 1 aliphatic rings. The van der Waals surface area contributed by atoms with E-state index in [-0.39, 0.29) is 10.5 Å². The van der Waals surface area contributed by atoms with Crippen LogP contribution in [0.15, 0.2) is 64.5 Å². The van der Waals surface area contributed by atoms with E-state index in [4.69, 9.17) is 0 Å². The molecule has 4 rings (SSSR count). The summed E-state index contributed by atoms with van der Waals surface area (Å²) in [6, 6.07) is 11.5. The van der Waals surface area contributed by atoms with Crippen molar-refractivity contribution in [2.45, 2.75) is 24.2 Å². The average molecular weight is 490 g/mol. The molecule has 1 amide bonds. The van der Waals surface area contributed by atoms with E-state index >= 15 is 0 Å². The van der Waals surface area contributed by atoms with E-state index in [9.17, 15) is 13.2 Å². The van der Waals surface area contributed by atoms with Crippen LogP contribution in [-0.2, 0) is 10.0 Å². The standard InChI is InChI=1S/C20H20BrN5O3S/c21-16-7-8-19(26-14-22-13-23-26)18(12-16)24-20(27)15-5-4-6-17(11-15)30(28,29)25-9-2-1-3-10-25/h4-8,11-14H,1-3,9-10H2,(H,24,27). The first-order chi connectivity index (χ1) is 14.4. The van der Waals surface area contributed by atoms with Gasteiger partial charge in [-0.15, -0.1) is 0 Å². The molecular formula is C20H20BrN5O3S. The van der Waals surface area contributed by atoms with Crippen LogP contribution in [0.3, 0.4) is 0 Å². The van der Waals surface area contributed by atoms with Crippen LogP contribution in [0.2, 0.25) is 0 Å². The lowest BCUT2D eigenvalue weighted by Gasteiger charge is -2.26. The number of halogens is 1. The van der Waals surface area contributed by atoms with Gasteiger partial charge in [0, 0.05) is 23.1 Å². The number of benzene rings is 2. The summed E-state index contributed by atoms with van der Waals surface area (Å²) in [5.74, 6) is -0.412. The summed E-state index contributed by atoms with van der Waals surface area (Å²) in [7, 11) is -3.62. The van der Waals surface area contributed by atoms with E-state index in [1.807, 2.05) is 6.07 Å². The Morgan fingerprint density at radius 3 is 2.60 bits per heavy atom. The van der Waals surface area contributed by atoms with Gasteiger partial charge in [0.15, 0.2) is 0 Å². The van der Waals surface area contributed by atoms with Gasteiger partial charge in [0.25, 0.3) is 5.91 Å². The number of piperidine rings is 1. The number of hydrogen-bond acceptors (Lipinski definition) is 5. The van der Waals surface area contributed by atoms with Gasteiger partial charge in [-0.05, 0) is 49.2 Å². The molecule has 1 aliphatic heterocycles. The normalized spacial score (nSPS) is 15.1. The van der Waals surface area contributed by atoms with E-state index in [0.29, 0.717) is 24.5 Å². The second-order valence-electron chi connectivity index (χ2n) is 6.95. The van der Waals surface area contributed by atoms with Gasteiger partial charge >= 0.3 is 0 Å². The van der Waals surface area contributed by atoms with Crippen molar-refractivity contribution in [3.05, 3.63) is 65.2 Å². The summed E-state index contributed by atoms with van der Waals surface area (Å²) in [6.45, 7) is 1.02. The van der Waals surface area contributed by atoms with Gasteiger partial charge in [0.05, 0.1) is 16.3 Å². The highest BCUT2D eigenvalue weighted by atomic mass is 79.9. The Kier molecular flexibility index (Phi) is 5.98. The van der Waals surface area contributed by atoms with Gasteiger partial charge in [0.1, 0.15) is 12.7 Å². The summed E-state index contributed by atoms with van der Waals surface area (Å²) in [5.41, 5.74) is 1.42. The molecule has 0 radical (unpaired) electrons. The van der Waals surface area contributed by atoms with Crippen molar-refractivity contribution in [1.29, 1.82) is 0 Å². The average Bonchev–Trinajstić information content (AvgIpc) is 3.29. The molecule has 0 bridgehead atoms. The van der Waals surface area contributed by atoms with Crippen molar-refractivity contribution in [1.82, 2.24) is 19.1 Å². The van der Waals surface area contributed by atoms with Crippen LogP contribution in [-0.4, -0.2) is 46.5 Å². The van der Waals surface area contributed by atoms with Crippen molar-refractivity contribution < 1.29 is 13.2 Å². The molecule has 0 saturated carbocycles. The molecular weight excluding hydrogens is 470 g/mol. The molecule has 1 saturated heterocycles. The molecule has 30 heavy (non-hydrogen) atoms. The summed E-state index contributed by atoms with van der Waals surface area (Å²) < 4.78 is 29.7. The molecule has 0 unspecified atom stereocenters. The minimum Gasteiger partial charge on any atom is -0.320 e. The van der Waals surface area contributed by atoms with Gasteiger partial charge in [-0.3, -0.25) is 4.79 Å². The van der Waals surface area contributed by atoms with E-state index in [1.165, 1.54) is 29.1 Å². The SMILES string of the molecule is O=C(Nc1cc(Br)ccc1-n1cncn1)c1cccc(S(=O)(=O)N2CCCCC2)c1. The molecule has 156 valence electrons. The molecule has 1 fully saturated rings. The fourth-order valence-corrected chi connectivity index (χ4v) is 5.31.